The average molecular weight is 538 g/mol. The van der Waals surface area contributed by atoms with Gasteiger partial charge in [-0.15, -0.1) is 24.2 Å². The Morgan fingerprint density at radius 3 is 2.66 bits per heavy atom. The summed E-state index contributed by atoms with van der Waals surface area (Å²) in [4.78, 5) is 23.5. The Labute approximate surface area is 221 Å². The first kappa shape index (κ1) is 27.9. The first-order valence-corrected chi connectivity index (χ1v) is 13.7. The monoisotopic (exact) mass is 537 g/mol. The summed E-state index contributed by atoms with van der Waals surface area (Å²) in [5.41, 5.74) is 3.35. The number of thioether (sulfide) groups is 1. The van der Waals surface area contributed by atoms with Gasteiger partial charge in [-0.05, 0) is 73.9 Å². The molecular weight excluding hydrogens is 505 g/mol. The number of halogens is 2. The number of anilines is 1. The normalized spacial score (nSPS) is 14.1. The van der Waals surface area contributed by atoms with Gasteiger partial charge in [-0.2, -0.15) is 0 Å². The van der Waals surface area contributed by atoms with Crippen molar-refractivity contribution in [2.24, 2.45) is 0 Å². The van der Waals surface area contributed by atoms with Crippen LogP contribution in [0.5, 0.6) is 0 Å². The molecule has 0 bridgehead atoms. The van der Waals surface area contributed by atoms with Crippen LogP contribution in [0.4, 0.5) is 9.52 Å². The molecule has 1 saturated heterocycles. The largest absolute Gasteiger partial charge is 0.379 e. The van der Waals surface area contributed by atoms with Crippen LogP contribution in [0.1, 0.15) is 30.4 Å². The number of aromatic nitrogens is 1. The Kier molecular flexibility index (Phi) is 10.8. The van der Waals surface area contributed by atoms with Crippen LogP contribution in [0.25, 0.3) is 10.2 Å². The molecular formula is C26H33ClFN3O2S2. The Hall–Kier alpha value is -1.71. The first-order valence-electron chi connectivity index (χ1n) is 11.9. The predicted octanol–water partition coefficient (Wildman–Crippen LogP) is 6.10. The third kappa shape index (κ3) is 7.89. The molecule has 2 heterocycles. The molecule has 5 nitrogen and oxygen atoms in total. The van der Waals surface area contributed by atoms with E-state index in [2.05, 4.69) is 30.9 Å². The molecule has 0 atom stereocenters. The number of ether oxygens (including phenoxy) is 1. The van der Waals surface area contributed by atoms with E-state index in [-0.39, 0.29) is 24.1 Å². The zero-order valence-electron chi connectivity index (χ0n) is 20.3. The Bertz CT molecular complexity index is 1100. The van der Waals surface area contributed by atoms with Gasteiger partial charge in [0, 0.05) is 37.5 Å². The van der Waals surface area contributed by atoms with Crippen molar-refractivity contribution in [1.29, 1.82) is 0 Å². The highest BCUT2D eigenvalue weighted by Crippen LogP contribution is 2.32. The third-order valence-corrected chi connectivity index (χ3v) is 8.05. The summed E-state index contributed by atoms with van der Waals surface area (Å²) in [6.45, 7) is 9.26. The van der Waals surface area contributed by atoms with E-state index in [0.29, 0.717) is 13.0 Å². The van der Waals surface area contributed by atoms with Crippen molar-refractivity contribution in [1.82, 2.24) is 9.88 Å². The number of benzene rings is 2. The zero-order chi connectivity index (χ0) is 23.9. The van der Waals surface area contributed by atoms with E-state index in [9.17, 15) is 9.18 Å². The second-order valence-corrected chi connectivity index (χ2v) is 10.9. The van der Waals surface area contributed by atoms with Gasteiger partial charge in [0.15, 0.2) is 5.13 Å². The third-order valence-electron chi connectivity index (χ3n) is 5.93. The number of carbonyl (C=O) groups is 1. The van der Waals surface area contributed by atoms with E-state index >= 15 is 0 Å². The van der Waals surface area contributed by atoms with Crippen molar-refractivity contribution in [2.75, 3.05) is 50.0 Å². The SMILES string of the molecule is Cc1cc(C)c2nc(N(CCCN3CCOCC3)C(=O)CCCSc3ccc(F)cc3)sc2c1.Cl. The topological polar surface area (TPSA) is 45.7 Å². The molecule has 35 heavy (non-hydrogen) atoms. The van der Waals surface area contributed by atoms with Crippen molar-refractivity contribution in [3.63, 3.8) is 0 Å². The molecule has 3 aromatic rings. The maximum absolute atomic E-state index is 13.3. The molecule has 0 saturated carbocycles. The number of aryl methyl sites for hydroxylation is 2. The quantitative estimate of drug-likeness (QED) is 0.231. The minimum Gasteiger partial charge on any atom is -0.379 e. The summed E-state index contributed by atoms with van der Waals surface area (Å²) < 4.78 is 19.7. The molecule has 1 aromatic heterocycles. The van der Waals surface area contributed by atoms with Crippen LogP contribution in [0.3, 0.4) is 0 Å². The fourth-order valence-corrected chi connectivity index (χ4v) is 6.20. The van der Waals surface area contributed by atoms with Crippen LogP contribution in [0.2, 0.25) is 0 Å². The summed E-state index contributed by atoms with van der Waals surface area (Å²) in [5.74, 6) is 0.709. The van der Waals surface area contributed by atoms with Gasteiger partial charge in [0.25, 0.3) is 0 Å². The van der Waals surface area contributed by atoms with Gasteiger partial charge < -0.3 is 4.74 Å². The lowest BCUT2D eigenvalue weighted by molar-refractivity contribution is -0.118. The lowest BCUT2D eigenvalue weighted by Crippen LogP contribution is -2.39. The summed E-state index contributed by atoms with van der Waals surface area (Å²) in [6, 6.07) is 10.8. The van der Waals surface area contributed by atoms with Gasteiger partial charge in [0.1, 0.15) is 5.82 Å². The highest BCUT2D eigenvalue weighted by molar-refractivity contribution is 7.99. The number of thiazole rings is 1. The molecule has 1 aliphatic heterocycles. The maximum atomic E-state index is 13.3. The van der Waals surface area contributed by atoms with E-state index in [4.69, 9.17) is 9.72 Å². The molecule has 0 unspecified atom stereocenters. The first-order chi connectivity index (χ1) is 16.5. The van der Waals surface area contributed by atoms with Crippen molar-refractivity contribution >= 4 is 56.8 Å². The van der Waals surface area contributed by atoms with E-state index in [1.807, 2.05) is 4.90 Å². The second kappa shape index (κ2) is 13.6. The van der Waals surface area contributed by atoms with Crippen LogP contribution in [0.15, 0.2) is 41.3 Å². The fourth-order valence-electron chi connectivity index (χ4n) is 4.16. The Morgan fingerprint density at radius 2 is 1.91 bits per heavy atom. The van der Waals surface area contributed by atoms with Crippen molar-refractivity contribution in [2.45, 2.75) is 38.0 Å². The van der Waals surface area contributed by atoms with Gasteiger partial charge in [-0.25, -0.2) is 9.37 Å². The van der Waals surface area contributed by atoms with Gasteiger partial charge in [-0.1, -0.05) is 17.4 Å². The lowest BCUT2D eigenvalue weighted by atomic mass is 10.1. The van der Waals surface area contributed by atoms with Crippen molar-refractivity contribution in [3.8, 4) is 0 Å². The Balaban J connectivity index is 0.00000342. The zero-order valence-corrected chi connectivity index (χ0v) is 22.7. The van der Waals surface area contributed by atoms with E-state index in [1.165, 1.54) is 17.7 Å². The number of fused-ring (bicyclic) bond motifs is 1. The van der Waals surface area contributed by atoms with Gasteiger partial charge >= 0.3 is 0 Å². The number of hydrogen-bond acceptors (Lipinski definition) is 6. The Morgan fingerprint density at radius 1 is 1.17 bits per heavy atom. The summed E-state index contributed by atoms with van der Waals surface area (Å²) in [6.07, 6.45) is 2.15. The summed E-state index contributed by atoms with van der Waals surface area (Å²) >= 11 is 3.26. The fraction of sp³-hybridized carbons (Fsp3) is 0.462. The molecule has 190 valence electrons. The molecule has 0 N–H and O–H groups in total. The number of nitrogens with zero attached hydrogens (tertiary/aromatic N) is 3. The van der Waals surface area contributed by atoms with Gasteiger partial charge in [0.2, 0.25) is 5.91 Å². The number of carbonyl (C=O) groups excluding carboxylic acids is 1. The molecule has 1 fully saturated rings. The molecule has 4 rings (SSSR count). The summed E-state index contributed by atoms with van der Waals surface area (Å²) in [7, 11) is 0. The van der Waals surface area contributed by atoms with Crippen molar-refractivity contribution < 1.29 is 13.9 Å². The number of rotatable bonds is 10. The van der Waals surface area contributed by atoms with Crippen LogP contribution in [0, 0.1) is 19.7 Å². The molecule has 0 spiro atoms. The standard InChI is InChI=1S/C26H32FN3O2S2.ClH/c1-19-17-20(2)25-23(18-19)34-26(28-25)30(11-4-10-29-12-14-32-15-13-29)24(31)5-3-16-33-22-8-6-21(27)7-9-22;/h6-9,17-18H,3-5,10-16H2,1-2H3;1H. The number of morpholine rings is 1. The minimum atomic E-state index is -0.228. The number of hydrogen-bond donors (Lipinski definition) is 0. The van der Waals surface area contributed by atoms with Gasteiger partial charge in [0.05, 0.1) is 23.4 Å². The number of amides is 1. The molecule has 1 amide bonds. The molecule has 1 aliphatic rings. The van der Waals surface area contributed by atoms with Crippen molar-refractivity contribution in [3.05, 3.63) is 53.3 Å². The molecule has 0 aliphatic carbocycles. The lowest BCUT2D eigenvalue weighted by Gasteiger charge is -2.27. The molecule has 9 heteroatoms. The van der Waals surface area contributed by atoms with Gasteiger partial charge in [-0.3, -0.25) is 14.6 Å². The maximum Gasteiger partial charge on any atom is 0.228 e. The second-order valence-electron chi connectivity index (χ2n) is 8.68. The highest BCUT2D eigenvalue weighted by Gasteiger charge is 2.21. The summed E-state index contributed by atoms with van der Waals surface area (Å²) in [5, 5.41) is 0.793. The average Bonchev–Trinajstić information content (AvgIpc) is 3.25. The van der Waals surface area contributed by atoms with E-state index in [1.54, 1.807) is 35.2 Å². The smallest absolute Gasteiger partial charge is 0.228 e. The minimum absolute atomic E-state index is 0. The van der Waals surface area contributed by atoms with Crippen LogP contribution < -0.4 is 4.90 Å². The highest BCUT2D eigenvalue weighted by atomic mass is 35.5. The van der Waals surface area contributed by atoms with E-state index in [0.717, 1.165) is 77.2 Å². The van der Waals surface area contributed by atoms with E-state index < -0.39 is 0 Å². The van der Waals surface area contributed by atoms with Crippen LogP contribution >= 0.6 is 35.5 Å². The predicted molar refractivity (Wildman–Crippen MR) is 147 cm³/mol. The van der Waals surface area contributed by atoms with Crippen LogP contribution in [-0.2, 0) is 9.53 Å². The molecule has 0 radical (unpaired) electrons. The van der Waals surface area contributed by atoms with Crippen LogP contribution in [-0.4, -0.2) is 60.9 Å². The molecule has 2 aromatic carbocycles.